The predicted octanol–water partition coefficient (Wildman–Crippen LogP) is 17.8. The minimum atomic E-state index is -0.313. The van der Waals surface area contributed by atoms with Gasteiger partial charge < -0.3 is 4.74 Å². The van der Waals surface area contributed by atoms with Crippen LogP contribution in [0.3, 0.4) is 0 Å². The van der Waals surface area contributed by atoms with Crippen molar-refractivity contribution in [3.8, 4) is 28.5 Å². The van der Waals surface area contributed by atoms with E-state index in [9.17, 15) is 23.6 Å². The van der Waals surface area contributed by atoms with E-state index in [0.29, 0.717) is 54.7 Å². The van der Waals surface area contributed by atoms with Gasteiger partial charge in [-0.1, -0.05) is 151 Å². The van der Waals surface area contributed by atoms with Crippen LogP contribution in [0.15, 0.2) is 292 Å². The van der Waals surface area contributed by atoms with Crippen LogP contribution >= 0.6 is 56.9 Å². The number of aryl methyl sites for hydroxylation is 1. The summed E-state index contributed by atoms with van der Waals surface area (Å²) in [5.74, 6) is -0.566. The highest BCUT2D eigenvalue weighted by atomic mass is 35.5. The van der Waals surface area contributed by atoms with E-state index in [0.717, 1.165) is 84.0 Å². The van der Waals surface area contributed by atoms with Crippen LogP contribution in [-0.2, 0) is 25.7 Å². The van der Waals surface area contributed by atoms with Gasteiger partial charge in [0.05, 0.1) is 29.9 Å². The summed E-state index contributed by atoms with van der Waals surface area (Å²) in [5.41, 5.74) is 10.7. The van der Waals surface area contributed by atoms with Crippen molar-refractivity contribution in [3.05, 3.63) is 373 Å². The fourth-order valence-corrected chi connectivity index (χ4v) is 14.2. The SMILES string of the molecule is COc1ccc(Cc2cnc(NC(=O)c3ccn(-c4ccccc4)n3)s2)cc1.Cc1ccc(Cc2cnc(NC(=O)c3ccn(-c4ccccc4)n3)s2)cc1.O=C(Nc1ncc(Cc2ccc(F)cc2)s1)c1ccn(-c2ccccc2)n1.O=C(Nc1ncc(Cc2cccc(Cl)c2)s1)c1ccn(-c2ccccc2)n1. The van der Waals surface area contributed by atoms with Crippen molar-refractivity contribution in [2.24, 2.45) is 0 Å². The molecule has 21 nitrogen and oxygen atoms in total. The molecule has 0 aliphatic carbocycles. The van der Waals surface area contributed by atoms with Crippen molar-refractivity contribution in [2.75, 3.05) is 28.4 Å². The summed E-state index contributed by atoms with van der Waals surface area (Å²) >= 11 is 11.8. The molecule has 16 aromatic rings. The molecule has 0 fully saturated rings. The molecule has 8 aromatic heterocycles. The number of aromatic nitrogens is 12. The molecule has 8 heterocycles. The van der Waals surface area contributed by atoms with Crippen molar-refractivity contribution in [2.45, 2.75) is 32.6 Å². The Labute approximate surface area is 646 Å². The number of carbonyl (C=O) groups is 4. The van der Waals surface area contributed by atoms with E-state index in [4.69, 9.17) is 16.3 Å². The average molecular weight is 1540 g/mol. The number of amides is 4. The quantitative estimate of drug-likeness (QED) is 0.0523. The monoisotopic (exact) mass is 1540 g/mol. The molecule has 0 aliphatic heterocycles. The number of anilines is 4. The van der Waals surface area contributed by atoms with Crippen molar-refractivity contribution < 1.29 is 28.3 Å². The third-order valence-corrected chi connectivity index (χ3v) is 19.9. The molecule has 27 heteroatoms. The summed E-state index contributed by atoms with van der Waals surface area (Å²) in [4.78, 5) is 71.1. The van der Waals surface area contributed by atoms with Crippen LogP contribution in [-0.4, -0.2) is 89.8 Å². The summed E-state index contributed by atoms with van der Waals surface area (Å²) in [6.45, 7) is 2.07. The molecular formula is C82H66ClFN16O5S4. The zero-order chi connectivity index (χ0) is 75.3. The van der Waals surface area contributed by atoms with Gasteiger partial charge in [-0.2, -0.15) is 20.4 Å². The molecule has 0 bridgehead atoms. The number of hydrogen-bond donors (Lipinski definition) is 4. The lowest BCUT2D eigenvalue weighted by atomic mass is 10.1. The highest BCUT2D eigenvalue weighted by Gasteiger charge is 2.18. The first-order valence-electron chi connectivity index (χ1n) is 33.9. The van der Waals surface area contributed by atoms with Gasteiger partial charge in [-0.3, -0.25) is 40.4 Å². The number of nitrogens with one attached hydrogen (secondary N) is 4. The van der Waals surface area contributed by atoms with Crippen LogP contribution in [0.4, 0.5) is 24.9 Å². The first-order valence-corrected chi connectivity index (χ1v) is 37.5. The summed E-state index contributed by atoms with van der Waals surface area (Å²) in [6, 6.07) is 75.7. The van der Waals surface area contributed by atoms with Crippen molar-refractivity contribution in [1.29, 1.82) is 0 Å². The van der Waals surface area contributed by atoms with Gasteiger partial charge in [-0.05, 0) is 138 Å². The number of thiazole rings is 4. The first-order chi connectivity index (χ1) is 53.2. The third-order valence-electron chi connectivity index (χ3n) is 16.1. The van der Waals surface area contributed by atoms with E-state index in [-0.39, 0.29) is 29.4 Å². The molecule has 542 valence electrons. The van der Waals surface area contributed by atoms with Gasteiger partial charge in [0, 0.05) is 99.8 Å². The predicted molar refractivity (Wildman–Crippen MR) is 428 cm³/mol. The Morgan fingerprint density at radius 1 is 0.367 bits per heavy atom. The van der Waals surface area contributed by atoms with Crippen molar-refractivity contribution in [3.63, 3.8) is 0 Å². The molecule has 0 atom stereocenters. The molecule has 16 rings (SSSR count). The highest BCUT2D eigenvalue weighted by molar-refractivity contribution is 7.16. The fraction of sp³-hybridized carbons (Fsp3) is 0.0732. The summed E-state index contributed by atoms with van der Waals surface area (Å²) in [6.07, 6.45) is 17.0. The van der Waals surface area contributed by atoms with Gasteiger partial charge in [-0.15, -0.1) is 45.3 Å². The van der Waals surface area contributed by atoms with Gasteiger partial charge in [-0.25, -0.2) is 43.1 Å². The molecule has 0 aliphatic rings. The van der Waals surface area contributed by atoms with Crippen LogP contribution in [0.2, 0.25) is 5.02 Å². The Balaban J connectivity index is 0.000000128. The molecule has 0 saturated heterocycles. The van der Waals surface area contributed by atoms with E-state index in [1.165, 1.54) is 68.6 Å². The second kappa shape index (κ2) is 36.3. The van der Waals surface area contributed by atoms with Gasteiger partial charge in [0.1, 0.15) is 11.6 Å². The van der Waals surface area contributed by atoms with Gasteiger partial charge in [0.25, 0.3) is 23.6 Å². The Hall–Kier alpha value is -13.0. The Bertz CT molecular complexity index is 5480. The maximum absolute atomic E-state index is 13.0. The van der Waals surface area contributed by atoms with Crippen LogP contribution < -0.4 is 26.0 Å². The normalized spacial score (nSPS) is 10.7. The molecule has 0 unspecified atom stereocenters. The van der Waals surface area contributed by atoms with E-state index < -0.39 is 0 Å². The minimum absolute atomic E-state index is 0.258. The van der Waals surface area contributed by atoms with E-state index in [2.05, 4.69) is 92.8 Å². The highest BCUT2D eigenvalue weighted by Crippen LogP contribution is 2.28. The number of para-hydroxylation sites is 4. The molecular weight excluding hydrogens is 1470 g/mol. The smallest absolute Gasteiger partial charge is 0.277 e. The lowest BCUT2D eigenvalue weighted by Gasteiger charge is -2.01. The summed E-state index contributed by atoms with van der Waals surface area (Å²) < 4.78 is 24.8. The molecule has 0 spiro atoms. The first kappa shape index (κ1) is 74.3. The fourth-order valence-electron chi connectivity index (χ4n) is 10.6. The number of rotatable bonds is 21. The number of nitrogens with zero attached hydrogens (tertiary/aromatic N) is 12. The maximum atomic E-state index is 13.0. The number of ether oxygens (including phenoxy) is 1. The van der Waals surface area contributed by atoms with Gasteiger partial charge in [0.2, 0.25) is 0 Å². The zero-order valence-corrected chi connectivity index (χ0v) is 62.4. The minimum Gasteiger partial charge on any atom is -0.497 e. The van der Waals surface area contributed by atoms with Gasteiger partial charge >= 0.3 is 0 Å². The molecule has 0 saturated carbocycles. The topological polar surface area (TPSA) is 248 Å². The molecule has 4 N–H and O–H groups in total. The number of halogens is 2. The standard InChI is InChI=1S/C21H18N4O2S.C21H18N4OS.C20H15ClN4OS.C20H15FN4OS/c1-27-17-9-7-15(8-10-17)13-18-14-22-21(28-18)23-20(26)19-11-12-25(24-19)16-5-3-2-4-6-16;1-15-7-9-16(10-8-15)13-18-14-22-21(27-18)23-20(26)19-11-12-25(24-19)17-5-3-2-4-6-17;21-15-6-4-5-14(11-15)12-17-13-22-20(27-17)23-19(26)18-9-10-25(24-18)16-7-2-1-3-8-16;21-15-8-6-14(7-9-15)12-17-13-22-20(27-17)23-19(26)18-10-11-25(24-18)16-4-2-1-3-5-16/h2-12,14H,13H2,1H3,(H,22,23,26);2-12,14H,13H2,1H3,(H,22,23,26);2*1-11,13H,12H2,(H,22,23,26). The molecule has 0 radical (unpaired) electrons. The van der Waals surface area contributed by atoms with E-state index >= 15 is 0 Å². The summed E-state index contributed by atoms with van der Waals surface area (Å²) in [7, 11) is 1.65. The van der Waals surface area contributed by atoms with Crippen LogP contribution in [0, 0.1) is 12.7 Å². The Morgan fingerprint density at radius 2 is 0.661 bits per heavy atom. The lowest BCUT2D eigenvalue weighted by molar-refractivity contribution is 0.101. The molecule has 109 heavy (non-hydrogen) atoms. The number of methoxy groups -OCH3 is 1. The van der Waals surface area contributed by atoms with Crippen LogP contribution in [0.25, 0.3) is 22.7 Å². The molecule has 8 aromatic carbocycles. The Kier molecular flexibility index (Phi) is 24.8. The van der Waals surface area contributed by atoms with Crippen LogP contribution in [0.5, 0.6) is 5.75 Å². The molecule has 4 amide bonds. The van der Waals surface area contributed by atoms with E-state index in [1.54, 1.807) is 106 Å². The van der Waals surface area contributed by atoms with Crippen LogP contribution in [0.1, 0.15) is 89.3 Å². The second-order valence-corrected chi connectivity index (χ2v) is 29.0. The largest absolute Gasteiger partial charge is 0.497 e. The van der Waals surface area contributed by atoms with Gasteiger partial charge in [0.15, 0.2) is 43.3 Å². The van der Waals surface area contributed by atoms with Crippen molar-refractivity contribution in [1.82, 2.24) is 59.1 Å². The maximum Gasteiger partial charge on any atom is 0.277 e. The van der Waals surface area contributed by atoms with E-state index in [1.807, 2.05) is 176 Å². The lowest BCUT2D eigenvalue weighted by Crippen LogP contribution is -2.12. The third kappa shape index (κ3) is 21.2. The second-order valence-electron chi connectivity index (χ2n) is 24.1. The number of benzene rings is 8. The average Bonchev–Trinajstić information content (AvgIpc) is 1.71. The Morgan fingerprint density at radius 3 is 0.963 bits per heavy atom. The zero-order valence-electron chi connectivity index (χ0n) is 58.3. The number of hydrogen-bond acceptors (Lipinski definition) is 17. The summed E-state index contributed by atoms with van der Waals surface area (Å²) in [5, 5.41) is 31.4. The van der Waals surface area contributed by atoms with Crippen molar-refractivity contribution >= 4 is 101 Å². The number of carbonyl (C=O) groups excluding carboxylic acids is 4.